The van der Waals surface area contributed by atoms with Gasteiger partial charge in [-0.15, -0.1) is 0 Å². The van der Waals surface area contributed by atoms with Crippen LogP contribution in [0.15, 0.2) is 6.20 Å². The maximum absolute atomic E-state index is 11.9. The molecule has 5 heteroatoms. The highest BCUT2D eigenvalue weighted by atomic mass is 16.1. The molecule has 3 N–H and O–H groups in total. The van der Waals surface area contributed by atoms with E-state index < -0.39 is 0 Å². The van der Waals surface area contributed by atoms with Gasteiger partial charge in [-0.3, -0.25) is 9.48 Å². The molecular formula is C11H18N4O. The molecule has 1 aromatic heterocycles. The normalized spacial score (nSPS) is 17.3. The maximum Gasteiger partial charge on any atom is 0.256 e. The Kier molecular flexibility index (Phi) is 3.12. The van der Waals surface area contributed by atoms with Gasteiger partial charge in [-0.1, -0.05) is 19.3 Å². The number of nitrogen functional groups attached to an aromatic ring is 1. The SMILES string of the molecule is Cn1ncc(C(=O)NC2CCCCC2)c1N. The first-order valence-corrected chi connectivity index (χ1v) is 5.77. The van der Waals surface area contributed by atoms with Gasteiger partial charge in [-0.25, -0.2) is 0 Å². The molecule has 0 radical (unpaired) electrons. The molecule has 1 aliphatic carbocycles. The number of hydrogen-bond donors (Lipinski definition) is 2. The molecule has 0 atom stereocenters. The lowest BCUT2D eigenvalue weighted by Crippen LogP contribution is -2.36. The highest BCUT2D eigenvalue weighted by molar-refractivity contribution is 5.98. The third kappa shape index (κ3) is 2.18. The molecule has 1 heterocycles. The van der Waals surface area contributed by atoms with E-state index in [4.69, 9.17) is 5.73 Å². The lowest BCUT2D eigenvalue weighted by atomic mass is 9.95. The van der Waals surface area contributed by atoms with Gasteiger partial charge in [0.25, 0.3) is 5.91 Å². The van der Waals surface area contributed by atoms with Gasteiger partial charge in [0, 0.05) is 13.1 Å². The third-order valence-corrected chi connectivity index (χ3v) is 3.17. The molecule has 5 nitrogen and oxygen atoms in total. The molecule has 1 saturated carbocycles. The average Bonchev–Trinajstić information content (AvgIpc) is 2.61. The number of carbonyl (C=O) groups excluding carboxylic acids is 1. The van der Waals surface area contributed by atoms with Crippen molar-refractivity contribution >= 4 is 11.7 Å². The van der Waals surface area contributed by atoms with Crippen LogP contribution < -0.4 is 11.1 Å². The van der Waals surface area contributed by atoms with Gasteiger partial charge in [0.2, 0.25) is 0 Å². The van der Waals surface area contributed by atoms with Crippen molar-refractivity contribution in [2.24, 2.45) is 7.05 Å². The zero-order valence-electron chi connectivity index (χ0n) is 9.57. The Balaban J connectivity index is 1.99. The number of rotatable bonds is 2. The van der Waals surface area contributed by atoms with Crippen LogP contribution in [0.1, 0.15) is 42.5 Å². The fourth-order valence-corrected chi connectivity index (χ4v) is 2.13. The van der Waals surface area contributed by atoms with Gasteiger partial charge < -0.3 is 11.1 Å². The molecule has 0 aliphatic heterocycles. The monoisotopic (exact) mass is 222 g/mol. The van der Waals surface area contributed by atoms with E-state index in [1.807, 2.05) is 0 Å². The van der Waals surface area contributed by atoms with E-state index in [1.165, 1.54) is 30.1 Å². The summed E-state index contributed by atoms with van der Waals surface area (Å²) >= 11 is 0. The Morgan fingerprint density at radius 1 is 1.50 bits per heavy atom. The standard InChI is InChI=1S/C11H18N4O/c1-15-10(12)9(7-13-15)11(16)14-8-5-3-2-4-6-8/h7-8H,2-6,12H2,1H3,(H,14,16). The summed E-state index contributed by atoms with van der Waals surface area (Å²) in [5.41, 5.74) is 6.23. The number of hydrogen-bond acceptors (Lipinski definition) is 3. The van der Waals surface area contributed by atoms with E-state index in [-0.39, 0.29) is 5.91 Å². The smallest absolute Gasteiger partial charge is 0.256 e. The molecule has 1 amide bonds. The summed E-state index contributed by atoms with van der Waals surface area (Å²) in [4.78, 5) is 11.9. The number of carbonyl (C=O) groups is 1. The number of amides is 1. The second-order valence-electron chi connectivity index (χ2n) is 4.38. The maximum atomic E-state index is 11.9. The van der Waals surface area contributed by atoms with E-state index >= 15 is 0 Å². The topological polar surface area (TPSA) is 72.9 Å². The fourth-order valence-electron chi connectivity index (χ4n) is 2.13. The van der Waals surface area contributed by atoms with Crippen LogP contribution in [0.25, 0.3) is 0 Å². The van der Waals surface area contributed by atoms with Crippen molar-refractivity contribution in [1.82, 2.24) is 15.1 Å². The zero-order chi connectivity index (χ0) is 11.5. The molecule has 16 heavy (non-hydrogen) atoms. The number of nitrogens with two attached hydrogens (primary N) is 1. The molecule has 0 spiro atoms. The van der Waals surface area contributed by atoms with Crippen molar-refractivity contribution in [2.75, 3.05) is 5.73 Å². The molecule has 2 rings (SSSR count). The summed E-state index contributed by atoms with van der Waals surface area (Å²) in [6, 6.07) is 0.306. The van der Waals surface area contributed by atoms with Gasteiger partial charge in [-0.05, 0) is 12.8 Å². The minimum Gasteiger partial charge on any atom is -0.383 e. The van der Waals surface area contributed by atoms with E-state index in [2.05, 4.69) is 10.4 Å². The Morgan fingerprint density at radius 3 is 2.75 bits per heavy atom. The molecule has 0 aromatic carbocycles. The molecule has 1 aliphatic rings. The Bertz CT molecular complexity index is 379. The Hall–Kier alpha value is -1.52. The Labute approximate surface area is 95.0 Å². The minimum atomic E-state index is -0.0995. The highest BCUT2D eigenvalue weighted by Gasteiger charge is 2.19. The van der Waals surface area contributed by atoms with Crippen LogP contribution in [0.4, 0.5) is 5.82 Å². The fraction of sp³-hybridized carbons (Fsp3) is 0.636. The lowest BCUT2D eigenvalue weighted by Gasteiger charge is -2.22. The summed E-state index contributed by atoms with van der Waals surface area (Å²) in [6.07, 6.45) is 7.35. The first kappa shape index (κ1) is 11.0. The first-order chi connectivity index (χ1) is 7.68. The largest absolute Gasteiger partial charge is 0.383 e. The van der Waals surface area contributed by atoms with Crippen LogP contribution in [-0.2, 0) is 7.05 Å². The molecule has 1 fully saturated rings. The number of nitrogens with one attached hydrogen (secondary N) is 1. The predicted octanol–water partition coefficient (Wildman–Crippen LogP) is 1.06. The third-order valence-electron chi connectivity index (χ3n) is 3.17. The summed E-state index contributed by atoms with van der Waals surface area (Å²) in [7, 11) is 1.73. The number of anilines is 1. The van der Waals surface area contributed by atoms with E-state index in [0.717, 1.165) is 12.8 Å². The summed E-state index contributed by atoms with van der Waals surface area (Å²) in [6.45, 7) is 0. The van der Waals surface area contributed by atoms with Crippen LogP contribution >= 0.6 is 0 Å². The highest BCUT2D eigenvalue weighted by Crippen LogP contribution is 2.18. The number of nitrogens with zero attached hydrogens (tertiary/aromatic N) is 2. The van der Waals surface area contributed by atoms with Crippen LogP contribution in [0.5, 0.6) is 0 Å². The lowest BCUT2D eigenvalue weighted by molar-refractivity contribution is 0.0928. The molecule has 0 bridgehead atoms. The van der Waals surface area contributed by atoms with Gasteiger partial charge in [-0.2, -0.15) is 5.10 Å². The van der Waals surface area contributed by atoms with Gasteiger partial charge in [0.1, 0.15) is 11.4 Å². The van der Waals surface area contributed by atoms with Crippen molar-refractivity contribution in [2.45, 2.75) is 38.1 Å². The van der Waals surface area contributed by atoms with Crippen LogP contribution in [0, 0.1) is 0 Å². The first-order valence-electron chi connectivity index (χ1n) is 5.77. The minimum absolute atomic E-state index is 0.0995. The molecule has 0 saturated heterocycles. The predicted molar refractivity (Wildman–Crippen MR) is 62.0 cm³/mol. The van der Waals surface area contributed by atoms with E-state index in [1.54, 1.807) is 7.05 Å². The molecule has 0 unspecified atom stereocenters. The van der Waals surface area contributed by atoms with Crippen LogP contribution in [-0.4, -0.2) is 21.7 Å². The molecule has 88 valence electrons. The summed E-state index contributed by atoms with van der Waals surface area (Å²) in [5.74, 6) is 0.325. The van der Waals surface area contributed by atoms with E-state index in [0.29, 0.717) is 17.4 Å². The van der Waals surface area contributed by atoms with Crippen molar-refractivity contribution < 1.29 is 4.79 Å². The summed E-state index contributed by atoms with van der Waals surface area (Å²) < 4.78 is 1.51. The quantitative estimate of drug-likeness (QED) is 0.786. The van der Waals surface area contributed by atoms with E-state index in [9.17, 15) is 4.79 Å². The average molecular weight is 222 g/mol. The molecular weight excluding hydrogens is 204 g/mol. The number of aromatic nitrogens is 2. The van der Waals surface area contributed by atoms with Crippen molar-refractivity contribution in [3.63, 3.8) is 0 Å². The second-order valence-corrected chi connectivity index (χ2v) is 4.38. The second kappa shape index (κ2) is 4.55. The van der Waals surface area contributed by atoms with Gasteiger partial charge >= 0.3 is 0 Å². The molecule has 1 aromatic rings. The van der Waals surface area contributed by atoms with Crippen LogP contribution in [0.2, 0.25) is 0 Å². The zero-order valence-corrected chi connectivity index (χ0v) is 9.57. The van der Waals surface area contributed by atoms with Crippen molar-refractivity contribution in [3.05, 3.63) is 11.8 Å². The van der Waals surface area contributed by atoms with Gasteiger partial charge in [0.15, 0.2) is 0 Å². The van der Waals surface area contributed by atoms with Crippen LogP contribution in [0.3, 0.4) is 0 Å². The van der Waals surface area contributed by atoms with Gasteiger partial charge in [0.05, 0.1) is 6.20 Å². The van der Waals surface area contributed by atoms with Crippen molar-refractivity contribution in [3.8, 4) is 0 Å². The van der Waals surface area contributed by atoms with Crippen molar-refractivity contribution in [1.29, 1.82) is 0 Å². The summed E-state index contributed by atoms with van der Waals surface area (Å²) in [5, 5.41) is 6.98. The number of aryl methyl sites for hydroxylation is 1. The Morgan fingerprint density at radius 2 is 2.19 bits per heavy atom.